The van der Waals surface area contributed by atoms with Gasteiger partial charge in [0.2, 0.25) is 0 Å². The van der Waals surface area contributed by atoms with Crippen LogP contribution in [0.25, 0.3) is 0 Å². The lowest BCUT2D eigenvalue weighted by molar-refractivity contribution is -0.136. The Kier molecular flexibility index (Phi) is 17.9. The van der Waals surface area contributed by atoms with E-state index in [-0.39, 0.29) is 0 Å². The minimum absolute atomic E-state index is 0.362. The van der Waals surface area contributed by atoms with Crippen LogP contribution in [0.15, 0.2) is 36.5 Å². The van der Waals surface area contributed by atoms with Crippen LogP contribution >= 0.6 is 0 Å². The van der Waals surface area contributed by atoms with Crippen LogP contribution in [0.3, 0.4) is 0 Å². The predicted molar refractivity (Wildman–Crippen MR) is 104 cm³/mol. The van der Waals surface area contributed by atoms with Gasteiger partial charge in [0.15, 0.2) is 0 Å². The molecule has 24 heavy (non-hydrogen) atoms. The van der Waals surface area contributed by atoms with E-state index in [1.165, 1.54) is 57.8 Å². The highest BCUT2D eigenvalue weighted by atomic mass is 16.5. The summed E-state index contributed by atoms with van der Waals surface area (Å²) >= 11 is 0. The van der Waals surface area contributed by atoms with Crippen molar-refractivity contribution in [2.75, 3.05) is 6.61 Å². The number of allylic oxidation sites excluding steroid dienone is 6. The van der Waals surface area contributed by atoms with Crippen molar-refractivity contribution >= 4 is 5.97 Å². The quantitative estimate of drug-likeness (QED) is 0.133. The summed E-state index contributed by atoms with van der Waals surface area (Å²) in [5.41, 5.74) is 0. The molecule has 0 amide bonds. The fourth-order valence-corrected chi connectivity index (χ4v) is 2.25. The van der Waals surface area contributed by atoms with Gasteiger partial charge in [0.25, 0.3) is 0 Å². The molecule has 0 saturated heterocycles. The first-order chi connectivity index (χ1) is 11.8. The SMILES string of the molecule is CCCCCCCCCCC\C=C/C=C/C=C/C#CC(=O)OCC. The first kappa shape index (κ1) is 22.2. The molecule has 0 aliphatic carbocycles. The Morgan fingerprint density at radius 1 is 0.833 bits per heavy atom. The molecule has 0 aliphatic heterocycles. The number of ether oxygens (including phenoxy) is 1. The Morgan fingerprint density at radius 2 is 1.46 bits per heavy atom. The van der Waals surface area contributed by atoms with Gasteiger partial charge in [-0.3, -0.25) is 0 Å². The molecule has 0 aromatic carbocycles. The number of carbonyl (C=O) groups excluding carboxylic acids is 1. The van der Waals surface area contributed by atoms with Gasteiger partial charge in [-0.15, -0.1) is 0 Å². The first-order valence-electron chi connectivity index (χ1n) is 9.47. The van der Waals surface area contributed by atoms with Crippen LogP contribution in [-0.2, 0) is 9.53 Å². The summed E-state index contributed by atoms with van der Waals surface area (Å²) in [5, 5.41) is 0. The number of hydrogen-bond acceptors (Lipinski definition) is 2. The molecular formula is C22H34O2. The van der Waals surface area contributed by atoms with E-state index in [0.717, 1.165) is 6.42 Å². The molecule has 0 N–H and O–H groups in total. The van der Waals surface area contributed by atoms with Crippen molar-refractivity contribution < 1.29 is 9.53 Å². The average Bonchev–Trinajstić information content (AvgIpc) is 2.58. The predicted octanol–water partition coefficient (Wildman–Crippen LogP) is 6.14. The second-order valence-corrected chi connectivity index (χ2v) is 5.78. The zero-order valence-corrected chi connectivity index (χ0v) is 15.6. The third kappa shape index (κ3) is 18.3. The Balaban J connectivity index is 3.47. The van der Waals surface area contributed by atoms with Crippen molar-refractivity contribution in [2.45, 2.75) is 78.1 Å². The minimum atomic E-state index is -0.480. The van der Waals surface area contributed by atoms with Crippen LogP contribution in [0, 0.1) is 11.8 Å². The molecule has 0 saturated carbocycles. The second-order valence-electron chi connectivity index (χ2n) is 5.78. The van der Waals surface area contributed by atoms with Gasteiger partial charge in [-0.2, -0.15) is 0 Å². The van der Waals surface area contributed by atoms with Crippen LogP contribution in [0.2, 0.25) is 0 Å². The third-order valence-electron chi connectivity index (χ3n) is 3.57. The summed E-state index contributed by atoms with van der Waals surface area (Å²) in [5.74, 6) is 4.54. The van der Waals surface area contributed by atoms with Crippen molar-refractivity contribution in [3.63, 3.8) is 0 Å². The van der Waals surface area contributed by atoms with E-state index in [1.54, 1.807) is 13.0 Å². The summed E-state index contributed by atoms with van der Waals surface area (Å²) in [6.45, 7) is 4.39. The van der Waals surface area contributed by atoms with Crippen molar-refractivity contribution in [1.82, 2.24) is 0 Å². The Morgan fingerprint density at radius 3 is 2.12 bits per heavy atom. The van der Waals surface area contributed by atoms with Gasteiger partial charge in [0.05, 0.1) is 6.61 Å². The van der Waals surface area contributed by atoms with Crippen molar-refractivity contribution in [3.8, 4) is 11.8 Å². The fraction of sp³-hybridized carbons (Fsp3) is 0.591. The van der Waals surface area contributed by atoms with E-state index in [1.807, 2.05) is 18.2 Å². The summed E-state index contributed by atoms with van der Waals surface area (Å²) in [4.78, 5) is 10.9. The number of esters is 1. The molecule has 0 fully saturated rings. The molecule has 0 bridgehead atoms. The van der Waals surface area contributed by atoms with Crippen LogP contribution in [0.5, 0.6) is 0 Å². The van der Waals surface area contributed by atoms with Crippen molar-refractivity contribution in [3.05, 3.63) is 36.5 Å². The van der Waals surface area contributed by atoms with Crippen LogP contribution < -0.4 is 0 Å². The molecule has 0 aromatic rings. The van der Waals surface area contributed by atoms with E-state index >= 15 is 0 Å². The summed E-state index contributed by atoms with van der Waals surface area (Å²) < 4.78 is 4.70. The largest absolute Gasteiger partial charge is 0.456 e. The summed E-state index contributed by atoms with van der Waals surface area (Å²) in [6, 6.07) is 0. The topological polar surface area (TPSA) is 26.3 Å². The second kappa shape index (κ2) is 19.3. The van der Waals surface area contributed by atoms with E-state index < -0.39 is 5.97 Å². The Hall–Kier alpha value is -1.75. The maximum Gasteiger partial charge on any atom is 0.384 e. The maximum atomic E-state index is 10.9. The summed E-state index contributed by atoms with van der Waals surface area (Å²) in [7, 11) is 0. The standard InChI is InChI=1S/C22H34O2/c1-3-5-6-7-8-9-10-11-12-13-14-15-16-17-18-19-20-21-22(23)24-4-2/h14-19H,3-13H2,1-2H3/b15-14-,17-16+,19-18+. The van der Waals surface area contributed by atoms with Crippen LogP contribution in [0.1, 0.15) is 78.1 Å². The molecule has 0 unspecified atom stereocenters. The van der Waals surface area contributed by atoms with Crippen LogP contribution in [0.4, 0.5) is 0 Å². The molecule has 0 aromatic heterocycles. The van der Waals surface area contributed by atoms with E-state index in [2.05, 4.69) is 30.9 Å². The molecule has 2 nitrogen and oxygen atoms in total. The zero-order valence-electron chi connectivity index (χ0n) is 15.6. The number of carbonyl (C=O) groups is 1. The van der Waals surface area contributed by atoms with Gasteiger partial charge in [-0.05, 0) is 25.8 Å². The Bertz CT molecular complexity index is 433. The third-order valence-corrected chi connectivity index (χ3v) is 3.57. The van der Waals surface area contributed by atoms with Gasteiger partial charge < -0.3 is 4.74 Å². The maximum absolute atomic E-state index is 10.9. The Labute approximate surface area is 149 Å². The van der Waals surface area contributed by atoms with E-state index in [4.69, 9.17) is 4.74 Å². The van der Waals surface area contributed by atoms with E-state index in [9.17, 15) is 4.79 Å². The zero-order chi connectivity index (χ0) is 17.7. The lowest BCUT2D eigenvalue weighted by Crippen LogP contribution is -1.98. The minimum Gasteiger partial charge on any atom is -0.456 e. The van der Waals surface area contributed by atoms with Gasteiger partial charge in [0.1, 0.15) is 0 Å². The highest BCUT2D eigenvalue weighted by molar-refractivity contribution is 5.88. The molecule has 0 rings (SSSR count). The summed E-state index contributed by atoms with van der Waals surface area (Å²) in [6.07, 6.45) is 25.1. The number of hydrogen-bond donors (Lipinski definition) is 0. The van der Waals surface area contributed by atoms with Gasteiger partial charge in [0, 0.05) is 5.92 Å². The first-order valence-corrected chi connectivity index (χ1v) is 9.47. The van der Waals surface area contributed by atoms with Gasteiger partial charge in [-0.25, -0.2) is 4.79 Å². The fourth-order valence-electron chi connectivity index (χ4n) is 2.25. The molecule has 2 heteroatoms. The lowest BCUT2D eigenvalue weighted by atomic mass is 10.1. The molecule has 134 valence electrons. The molecule has 0 radical (unpaired) electrons. The molecule has 0 atom stereocenters. The monoisotopic (exact) mass is 330 g/mol. The number of rotatable bonds is 13. The molecule has 0 spiro atoms. The van der Waals surface area contributed by atoms with E-state index in [0.29, 0.717) is 6.61 Å². The van der Waals surface area contributed by atoms with Crippen molar-refractivity contribution in [1.29, 1.82) is 0 Å². The normalized spacial score (nSPS) is 11.2. The smallest absolute Gasteiger partial charge is 0.384 e. The average molecular weight is 331 g/mol. The highest BCUT2D eigenvalue weighted by Gasteiger charge is 1.91. The van der Waals surface area contributed by atoms with Crippen LogP contribution in [-0.4, -0.2) is 12.6 Å². The molecular weight excluding hydrogens is 296 g/mol. The molecule has 0 aliphatic rings. The van der Waals surface area contributed by atoms with Crippen molar-refractivity contribution in [2.24, 2.45) is 0 Å². The van der Waals surface area contributed by atoms with Gasteiger partial charge >= 0.3 is 5.97 Å². The van der Waals surface area contributed by atoms with Gasteiger partial charge in [-0.1, -0.05) is 94.6 Å². The molecule has 0 heterocycles. The lowest BCUT2D eigenvalue weighted by Gasteiger charge is -2.00. The number of unbranched alkanes of at least 4 members (excludes halogenated alkanes) is 9. The highest BCUT2D eigenvalue weighted by Crippen LogP contribution is 2.10.